The van der Waals surface area contributed by atoms with Gasteiger partial charge in [-0.15, -0.1) is 0 Å². The maximum Gasteiger partial charge on any atom is 0.137 e. The van der Waals surface area contributed by atoms with E-state index in [0.717, 1.165) is 22.3 Å². The highest BCUT2D eigenvalue weighted by atomic mass is 16.3. The summed E-state index contributed by atoms with van der Waals surface area (Å²) in [5, 5.41) is 10.1. The molecule has 0 saturated heterocycles. The molecule has 0 unspecified atom stereocenters. The van der Waals surface area contributed by atoms with Crippen molar-refractivity contribution >= 4 is 22.2 Å². The van der Waals surface area contributed by atoms with Crippen LogP contribution in [-0.2, 0) is 6.42 Å². The lowest BCUT2D eigenvalue weighted by atomic mass is 10.0. The average molecular weight is 222 g/mol. The fourth-order valence-electron chi connectivity index (χ4n) is 2.12. The van der Waals surface area contributed by atoms with Crippen LogP contribution < -0.4 is 5.73 Å². The third-order valence-electron chi connectivity index (χ3n) is 2.88. The Labute approximate surface area is 98.4 Å². The highest BCUT2D eigenvalue weighted by molar-refractivity contribution is 5.98. The molecule has 3 rings (SSSR count). The molecule has 1 aliphatic carbocycles. The summed E-state index contributed by atoms with van der Waals surface area (Å²) < 4.78 is 5.76. The summed E-state index contributed by atoms with van der Waals surface area (Å²) in [6, 6.07) is 7.74. The number of anilines is 1. The monoisotopic (exact) mass is 222 g/mol. The number of nitrogens with zero attached hydrogens (tertiary/aromatic N) is 1. The Morgan fingerprint density at radius 1 is 1.35 bits per heavy atom. The van der Waals surface area contributed by atoms with Crippen molar-refractivity contribution in [3.8, 4) is 6.07 Å². The van der Waals surface area contributed by atoms with Crippen molar-refractivity contribution in [3.63, 3.8) is 0 Å². The normalized spacial score (nSPS) is 13.9. The van der Waals surface area contributed by atoms with E-state index in [0.29, 0.717) is 17.7 Å². The highest BCUT2D eigenvalue weighted by Gasteiger charge is 2.18. The van der Waals surface area contributed by atoms with Gasteiger partial charge < -0.3 is 10.2 Å². The number of furan rings is 1. The van der Waals surface area contributed by atoms with E-state index < -0.39 is 0 Å². The minimum absolute atomic E-state index is 0.636. The molecule has 2 N–H and O–H groups in total. The number of hydrogen-bond donors (Lipinski definition) is 1. The largest absolute Gasteiger partial charge is 0.460 e. The lowest BCUT2D eigenvalue weighted by Gasteiger charge is -1.96. The quantitative estimate of drug-likeness (QED) is 0.697. The number of hydrogen-bond acceptors (Lipinski definition) is 3. The van der Waals surface area contributed by atoms with Gasteiger partial charge in [-0.25, -0.2) is 0 Å². The van der Waals surface area contributed by atoms with Crippen LogP contribution in [0.25, 0.3) is 16.5 Å². The first-order valence-corrected chi connectivity index (χ1v) is 5.38. The van der Waals surface area contributed by atoms with Crippen LogP contribution in [0.2, 0.25) is 0 Å². The van der Waals surface area contributed by atoms with E-state index in [1.54, 1.807) is 6.07 Å². The molecular formula is C14H10N2O. The molecule has 1 aliphatic rings. The molecule has 3 nitrogen and oxygen atoms in total. The Kier molecular flexibility index (Phi) is 2.02. The number of benzene rings is 1. The summed E-state index contributed by atoms with van der Waals surface area (Å²) in [7, 11) is 0. The first-order chi connectivity index (χ1) is 8.29. The molecule has 82 valence electrons. The Balaban J connectivity index is 2.38. The van der Waals surface area contributed by atoms with Crippen LogP contribution in [0, 0.1) is 11.3 Å². The molecule has 0 spiro atoms. The summed E-state index contributed by atoms with van der Waals surface area (Å²) in [6.07, 6.45) is 6.38. The Morgan fingerprint density at radius 2 is 2.24 bits per heavy atom. The summed E-state index contributed by atoms with van der Waals surface area (Å²) in [5.74, 6) is 0.826. The van der Waals surface area contributed by atoms with Gasteiger partial charge in [-0.05, 0) is 18.2 Å². The van der Waals surface area contributed by atoms with Gasteiger partial charge >= 0.3 is 0 Å². The van der Waals surface area contributed by atoms with Gasteiger partial charge in [0.15, 0.2) is 0 Å². The summed E-state index contributed by atoms with van der Waals surface area (Å²) in [4.78, 5) is 0. The fraction of sp³-hybridized carbons (Fsp3) is 0.0714. The molecule has 3 heteroatoms. The molecule has 0 amide bonds. The number of nitrogen functional groups attached to an aromatic ring is 1. The van der Waals surface area contributed by atoms with E-state index >= 15 is 0 Å². The second-order valence-corrected chi connectivity index (χ2v) is 3.98. The van der Waals surface area contributed by atoms with Crippen LogP contribution in [0.15, 0.2) is 40.8 Å². The van der Waals surface area contributed by atoms with E-state index in [1.807, 2.05) is 30.4 Å². The number of nitrogens with two attached hydrogens (primary N) is 1. The molecule has 0 fully saturated rings. The third kappa shape index (κ3) is 1.42. The van der Waals surface area contributed by atoms with Gasteiger partial charge in [0.1, 0.15) is 11.3 Å². The highest BCUT2D eigenvalue weighted by Crippen LogP contribution is 2.34. The molecule has 0 atom stereocenters. The first-order valence-electron chi connectivity index (χ1n) is 5.38. The zero-order valence-corrected chi connectivity index (χ0v) is 9.10. The van der Waals surface area contributed by atoms with Crippen LogP contribution in [0.1, 0.15) is 11.3 Å². The van der Waals surface area contributed by atoms with Crippen molar-refractivity contribution in [3.05, 3.63) is 47.8 Å². The first kappa shape index (κ1) is 9.73. The van der Waals surface area contributed by atoms with Crippen molar-refractivity contribution in [1.82, 2.24) is 0 Å². The van der Waals surface area contributed by atoms with E-state index in [1.165, 1.54) is 0 Å². The molecule has 0 radical (unpaired) electrons. The van der Waals surface area contributed by atoms with Gasteiger partial charge in [0, 0.05) is 29.1 Å². The fourth-order valence-corrected chi connectivity index (χ4v) is 2.12. The van der Waals surface area contributed by atoms with Gasteiger partial charge in [0.25, 0.3) is 0 Å². The van der Waals surface area contributed by atoms with Gasteiger partial charge in [-0.3, -0.25) is 0 Å². The Morgan fingerprint density at radius 3 is 3.06 bits per heavy atom. The molecular weight excluding hydrogens is 212 g/mol. The Bertz CT molecular complexity index is 699. The third-order valence-corrected chi connectivity index (χ3v) is 2.88. The summed E-state index contributed by atoms with van der Waals surface area (Å²) >= 11 is 0. The van der Waals surface area contributed by atoms with Crippen molar-refractivity contribution in [2.45, 2.75) is 6.42 Å². The van der Waals surface area contributed by atoms with E-state index in [9.17, 15) is 5.26 Å². The van der Waals surface area contributed by atoms with Crippen molar-refractivity contribution in [1.29, 1.82) is 5.26 Å². The average Bonchev–Trinajstić information content (AvgIpc) is 2.54. The summed E-state index contributed by atoms with van der Waals surface area (Å²) in [6.45, 7) is 0. The predicted molar refractivity (Wildman–Crippen MR) is 67.1 cm³/mol. The van der Waals surface area contributed by atoms with E-state index in [2.05, 4.69) is 6.07 Å². The number of nitriles is 1. The lowest BCUT2D eigenvalue weighted by molar-refractivity contribution is 0.564. The lowest BCUT2D eigenvalue weighted by Crippen LogP contribution is -1.85. The molecule has 0 saturated carbocycles. The molecule has 0 aliphatic heterocycles. The maximum absolute atomic E-state index is 9.18. The Hall–Kier alpha value is -2.47. The van der Waals surface area contributed by atoms with Crippen LogP contribution in [0.3, 0.4) is 0 Å². The summed E-state index contributed by atoms with van der Waals surface area (Å²) in [5.41, 5.74) is 8.67. The van der Waals surface area contributed by atoms with E-state index in [-0.39, 0.29) is 0 Å². The second-order valence-electron chi connectivity index (χ2n) is 3.98. The van der Waals surface area contributed by atoms with Crippen molar-refractivity contribution in [2.24, 2.45) is 0 Å². The van der Waals surface area contributed by atoms with E-state index in [4.69, 9.17) is 10.2 Å². The molecule has 1 heterocycles. The molecule has 2 aromatic rings. The topological polar surface area (TPSA) is 63.0 Å². The molecule has 0 bridgehead atoms. The van der Waals surface area contributed by atoms with Crippen LogP contribution in [-0.4, -0.2) is 0 Å². The van der Waals surface area contributed by atoms with Crippen LogP contribution in [0.4, 0.5) is 5.69 Å². The predicted octanol–water partition coefficient (Wildman–Crippen LogP) is 3.03. The maximum atomic E-state index is 9.18. The standard InChI is InChI=1S/C14H10N2O/c15-8-9-3-1-2-4-12-14(9)11-6-5-10(16)7-13(11)17-12/h1-3,5-7H,4,16H2. The minimum atomic E-state index is 0.636. The SMILES string of the molecule is N#CC1=CC=CCc2oc3cc(N)ccc3c21. The van der Waals surface area contributed by atoms with Crippen molar-refractivity contribution < 1.29 is 4.42 Å². The molecule has 1 aromatic heterocycles. The number of allylic oxidation sites excluding steroid dienone is 4. The van der Waals surface area contributed by atoms with Crippen LogP contribution in [0.5, 0.6) is 0 Å². The van der Waals surface area contributed by atoms with Gasteiger partial charge in [0.05, 0.1) is 11.6 Å². The number of rotatable bonds is 0. The second kappa shape index (κ2) is 3.53. The number of fused-ring (bicyclic) bond motifs is 3. The molecule has 17 heavy (non-hydrogen) atoms. The van der Waals surface area contributed by atoms with Gasteiger partial charge in [0.2, 0.25) is 0 Å². The zero-order chi connectivity index (χ0) is 11.8. The zero-order valence-electron chi connectivity index (χ0n) is 9.10. The van der Waals surface area contributed by atoms with Crippen LogP contribution >= 0.6 is 0 Å². The smallest absolute Gasteiger partial charge is 0.137 e. The van der Waals surface area contributed by atoms with Crippen molar-refractivity contribution in [2.75, 3.05) is 5.73 Å². The van der Waals surface area contributed by atoms with Gasteiger partial charge in [-0.2, -0.15) is 5.26 Å². The molecule has 1 aromatic carbocycles. The minimum Gasteiger partial charge on any atom is -0.460 e. The van der Waals surface area contributed by atoms with Gasteiger partial charge in [-0.1, -0.05) is 12.2 Å².